The lowest BCUT2D eigenvalue weighted by Gasteiger charge is -2.15. The number of nitrogens with two attached hydrogens (primary N) is 1. The molecule has 21 heavy (non-hydrogen) atoms. The van der Waals surface area contributed by atoms with E-state index in [4.69, 9.17) is 5.73 Å². The minimum atomic E-state index is -3.62. The van der Waals surface area contributed by atoms with Crippen molar-refractivity contribution < 1.29 is 8.42 Å². The maximum Gasteiger partial charge on any atom is 0.261 e. The molecule has 0 amide bonds. The minimum absolute atomic E-state index is 0.256. The third-order valence-corrected chi connectivity index (χ3v) is 5.09. The first-order chi connectivity index (χ1) is 9.72. The van der Waals surface area contributed by atoms with Crippen molar-refractivity contribution in [3.05, 3.63) is 52.6 Å². The second kappa shape index (κ2) is 5.41. The van der Waals surface area contributed by atoms with Crippen LogP contribution < -0.4 is 10.5 Å². The molecule has 112 valence electrons. The van der Waals surface area contributed by atoms with Crippen LogP contribution in [-0.2, 0) is 10.0 Å². The van der Waals surface area contributed by atoms with E-state index in [1.807, 2.05) is 26.8 Å². The number of anilines is 2. The molecule has 0 aromatic heterocycles. The number of nitrogens with one attached hydrogen (secondary N) is 1. The summed E-state index contributed by atoms with van der Waals surface area (Å²) in [7, 11) is -3.62. The normalized spacial score (nSPS) is 11.4. The maximum absolute atomic E-state index is 12.5. The molecule has 0 aliphatic rings. The Morgan fingerprint density at radius 1 is 0.905 bits per heavy atom. The fourth-order valence-corrected chi connectivity index (χ4v) is 3.37. The Kier molecular flexibility index (Phi) is 3.96. The number of hydrogen-bond acceptors (Lipinski definition) is 3. The lowest BCUT2D eigenvalue weighted by molar-refractivity contribution is 0.601. The Hall–Kier alpha value is -2.01. The van der Waals surface area contributed by atoms with Gasteiger partial charge in [0.1, 0.15) is 0 Å². The highest BCUT2D eigenvalue weighted by atomic mass is 32.2. The van der Waals surface area contributed by atoms with E-state index < -0.39 is 10.0 Å². The van der Waals surface area contributed by atoms with Gasteiger partial charge in [0.25, 0.3) is 10.0 Å². The predicted octanol–water partition coefficient (Wildman–Crippen LogP) is 3.30. The molecule has 0 atom stereocenters. The second-order valence-electron chi connectivity index (χ2n) is 5.32. The molecule has 0 bridgehead atoms. The Morgan fingerprint density at radius 3 is 2.14 bits per heavy atom. The fourth-order valence-electron chi connectivity index (χ4n) is 2.09. The van der Waals surface area contributed by atoms with Gasteiger partial charge in [-0.25, -0.2) is 8.42 Å². The molecule has 0 fully saturated rings. The molecule has 4 nitrogen and oxygen atoms in total. The maximum atomic E-state index is 12.5. The van der Waals surface area contributed by atoms with Crippen LogP contribution >= 0.6 is 0 Å². The van der Waals surface area contributed by atoms with Crippen molar-refractivity contribution in [3.63, 3.8) is 0 Å². The predicted molar refractivity (Wildman–Crippen MR) is 87.1 cm³/mol. The lowest BCUT2D eigenvalue weighted by atomic mass is 10.1. The Labute approximate surface area is 126 Å². The van der Waals surface area contributed by atoms with E-state index in [1.54, 1.807) is 31.2 Å². The van der Waals surface area contributed by atoms with Gasteiger partial charge in [0.2, 0.25) is 0 Å². The summed E-state index contributed by atoms with van der Waals surface area (Å²) in [5, 5.41) is 0. The van der Waals surface area contributed by atoms with Crippen LogP contribution in [0.3, 0.4) is 0 Å². The third kappa shape index (κ3) is 3.03. The highest BCUT2D eigenvalue weighted by molar-refractivity contribution is 7.92. The third-order valence-electron chi connectivity index (χ3n) is 3.74. The van der Waals surface area contributed by atoms with E-state index in [0.29, 0.717) is 11.4 Å². The van der Waals surface area contributed by atoms with Gasteiger partial charge in [-0.1, -0.05) is 12.1 Å². The van der Waals surface area contributed by atoms with Crippen molar-refractivity contribution in [3.8, 4) is 0 Å². The van der Waals surface area contributed by atoms with Crippen LogP contribution in [-0.4, -0.2) is 8.42 Å². The molecule has 2 aromatic carbocycles. The highest BCUT2D eigenvalue weighted by Crippen LogP contribution is 2.28. The fraction of sp³-hybridized carbons (Fsp3) is 0.250. The summed E-state index contributed by atoms with van der Waals surface area (Å²) in [6, 6.07) is 8.68. The molecule has 0 spiro atoms. The zero-order valence-corrected chi connectivity index (χ0v) is 13.5. The van der Waals surface area contributed by atoms with Crippen LogP contribution in [0.15, 0.2) is 35.2 Å². The molecule has 0 heterocycles. The van der Waals surface area contributed by atoms with Gasteiger partial charge >= 0.3 is 0 Å². The molecule has 2 rings (SSSR count). The van der Waals surface area contributed by atoms with Crippen LogP contribution in [0.4, 0.5) is 11.4 Å². The van der Waals surface area contributed by atoms with Gasteiger partial charge in [0.05, 0.1) is 10.6 Å². The summed E-state index contributed by atoms with van der Waals surface area (Å²) in [5.74, 6) is 0. The Morgan fingerprint density at radius 2 is 1.52 bits per heavy atom. The van der Waals surface area contributed by atoms with Gasteiger partial charge in [-0.2, -0.15) is 0 Å². The number of sulfonamides is 1. The van der Waals surface area contributed by atoms with E-state index in [1.165, 1.54) is 0 Å². The van der Waals surface area contributed by atoms with E-state index >= 15 is 0 Å². The van der Waals surface area contributed by atoms with Crippen LogP contribution in [0.1, 0.15) is 22.3 Å². The molecule has 0 aliphatic carbocycles. The number of rotatable bonds is 3. The SMILES string of the molecule is Cc1ccc(S(=O)(=O)Nc2c(C)ccc(N)c2C)cc1C. The molecule has 0 aliphatic heterocycles. The van der Waals surface area contributed by atoms with Crippen LogP contribution in [0, 0.1) is 27.7 Å². The summed E-state index contributed by atoms with van der Waals surface area (Å²) in [5.41, 5.74) is 10.6. The first-order valence-electron chi connectivity index (χ1n) is 6.68. The van der Waals surface area contributed by atoms with Gasteiger partial charge in [0, 0.05) is 5.69 Å². The molecular weight excluding hydrogens is 284 g/mol. The van der Waals surface area contributed by atoms with E-state index in [-0.39, 0.29) is 4.90 Å². The molecule has 0 saturated heterocycles. The van der Waals surface area contributed by atoms with Crippen LogP contribution in [0.5, 0.6) is 0 Å². The second-order valence-corrected chi connectivity index (χ2v) is 7.01. The molecular formula is C16H20N2O2S. The van der Waals surface area contributed by atoms with E-state index in [2.05, 4.69) is 4.72 Å². The summed E-state index contributed by atoms with van der Waals surface area (Å²) in [4.78, 5) is 0.256. The molecule has 3 N–H and O–H groups in total. The zero-order valence-electron chi connectivity index (χ0n) is 12.7. The first-order valence-corrected chi connectivity index (χ1v) is 8.16. The number of benzene rings is 2. The van der Waals surface area contributed by atoms with Crippen molar-refractivity contribution in [2.75, 3.05) is 10.5 Å². The van der Waals surface area contributed by atoms with Crippen molar-refractivity contribution in [1.29, 1.82) is 0 Å². The monoisotopic (exact) mass is 304 g/mol. The van der Waals surface area contributed by atoms with E-state index in [0.717, 1.165) is 22.3 Å². The molecule has 0 radical (unpaired) electrons. The summed E-state index contributed by atoms with van der Waals surface area (Å²) in [6.07, 6.45) is 0. The number of aryl methyl sites for hydroxylation is 3. The lowest BCUT2D eigenvalue weighted by Crippen LogP contribution is -2.15. The van der Waals surface area contributed by atoms with Crippen molar-refractivity contribution in [1.82, 2.24) is 0 Å². The standard InChI is InChI=1S/C16H20N2O2S/c1-10-5-7-14(9-12(10)3)21(19,20)18-16-11(2)6-8-15(17)13(16)4/h5-9,18H,17H2,1-4H3. The largest absolute Gasteiger partial charge is 0.398 e. The van der Waals surface area contributed by atoms with Crippen LogP contribution in [0.2, 0.25) is 0 Å². The van der Waals surface area contributed by atoms with Gasteiger partial charge < -0.3 is 5.73 Å². The van der Waals surface area contributed by atoms with Gasteiger partial charge in [-0.15, -0.1) is 0 Å². The molecule has 0 saturated carbocycles. The van der Waals surface area contributed by atoms with E-state index in [9.17, 15) is 8.42 Å². The smallest absolute Gasteiger partial charge is 0.261 e. The topological polar surface area (TPSA) is 72.2 Å². The minimum Gasteiger partial charge on any atom is -0.398 e. The summed E-state index contributed by atoms with van der Waals surface area (Å²) < 4.78 is 27.7. The average molecular weight is 304 g/mol. The van der Waals surface area contributed by atoms with Crippen molar-refractivity contribution >= 4 is 21.4 Å². The van der Waals surface area contributed by atoms with Crippen molar-refractivity contribution in [2.24, 2.45) is 0 Å². The van der Waals surface area contributed by atoms with Gasteiger partial charge in [-0.05, 0) is 68.1 Å². The summed E-state index contributed by atoms with van der Waals surface area (Å²) >= 11 is 0. The average Bonchev–Trinajstić information content (AvgIpc) is 2.42. The van der Waals surface area contributed by atoms with Crippen molar-refractivity contribution in [2.45, 2.75) is 32.6 Å². The number of nitrogen functional groups attached to an aromatic ring is 1. The number of hydrogen-bond donors (Lipinski definition) is 2. The molecule has 5 heteroatoms. The highest BCUT2D eigenvalue weighted by Gasteiger charge is 2.17. The quantitative estimate of drug-likeness (QED) is 0.855. The Bertz CT molecular complexity index is 796. The first kappa shape index (κ1) is 15.4. The molecule has 2 aromatic rings. The molecule has 0 unspecified atom stereocenters. The van der Waals surface area contributed by atoms with Gasteiger partial charge in [-0.3, -0.25) is 4.72 Å². The zero-order chi connectivity index (χ0) is 15.8. The van der Waals surface area contributed by atoms with Crippen LogP contribution in [0.25, 0.3) is 0 Å². The van der Waals surface area contributed by atoms with Gasteiger partial charge in [0.15, 0.2) is 0 Å². The summed E-state index contributed by atoms with van der Waals surface area (Å²) in [6.45, 7) is 7.50. The Balaban J connectivity index is 2.47.